The Balaban J connectivity index is 2.09. The van der Waals surface area contributed by atoms with E-state index in [-0.39, 0.29) is 16.3 Å². The third kappa shape index (κ3) is 3.42. The lowest BCUT2D eigenvalue weighted by Gasteiger charge is -2.28. The fourth-order valence-corrected chi connectivity index (χ4v) is 3.46. The molecule has 20 heavy (non-hydrogen) atoms. The van der Waals surface area contributed by atoms with E-state index in [2.05, 4.69) is 10.3 Å². The molecule has 1 aromatic heterocycles. The van der Waals surface area contributed by atoms with Gasteiger partial charge in [-0.05, 0) is 25.0 Å². The molecule has 2 unspecified atom stereocenters. The monoisotopic (exact) mass is 317 g/mol. The van der Waals surface area contributed by atoms with Gasteiger partial charge in [0.1, 0.15) is 10.7 Å². The molecular formula is C13H20ClN3O2S. The fourth-order valence-electron chi connectivity index (χ4n) is 2.27. The molecule has 0 bridgehead atoms. The SMILES string of the molecule is CN(C)S(=O)(=O)c1ccc(NC2CCCCC2Cl)nc1. The first-order valence-corrected chi connectivity index (χ1v) is 8.58. The molecule has 0 spiro atoms. The van der Waals surface area contributed by atoms with E-state index in [0.717, 1.165) is 19.3 Å². The normalized spacial score (nSPS) is 23.8. The van der Waals surface area contributed by atoms with E-state index in [0.29, 0.717) is 5.82 Å². The number of halogens is 1. The lowest BCUT2D eigenvalue weighted by Crippen LogP contribution is -2.33. The summed E-state index contributed by atoms with van der Waals surface area (Å²) in [4.78, 5) is 4.37. The van der Waals surface area contributed by atoms with E-state index >= 15 is 0 Å². The average Bonchev–Trinajstić information content (AvgIpc) is 2.42. The van der Waals surface area contributed by atoms with Crippen molar-refractivity contribution in [2.24, 2.45) is 0 Å². The van der Waals surface area contributed by atoms with Gasteiger partial charge in [0.25, 0.3) is 0 Å². The van der Waals surface area contributed by atoms with Crippen LogP contribution < -0.4 is 5.32 Å². The minimum Gasteiger partial charge on any atom is -0.366 e. The van der Waals surface area contributed by atoms with Crippen LogP contribution in [0.3, 0.4) is 0 Å². The average molecular weight is 318 g/mol. The van der Waals surface area contributed by atoms with E-state index in [1.54, 1.807) is 12.1 Å². The minimum atomic E-state index is -3.42. The van der Waals surface area contributed by atoms with Gasteiger partial charge in [0.2, 0.25) is 10.0 Å². The van der Waals surface area contributed by atoms with Crippen LogP contribution >= 0.6 is 11.6 Å². The summed E-state index contributed by atoms with van der Waals surface area (Å²) in [5, 5.41) is 3.39. The molecule has 112 valence electrons. The number of hydrogen-bond donors (Lipinski definition) is 1. The summed E-state index contributed by atoms with van der Waals surface area (Å²) in [5.74, 6) is 0.667. The summed E-state index contributed by atoms with van der Waals surface area (Å²) in [7, 11) is -0.417. The number of hydrogen-bond acceptors (Lipinski definition) is 4. The predicted octanol–water partition coefficient (Wildman–Crippen LogP) is 2.29. The Kier molecular flexibility index (Phi) is 4.88. The zero-order valence-electron chi connectivity index (χ0n) is 11.7. The Morgan fingerprint density at radius 1 is 1.30 bits per heavy atom. The highest BCUT2D eigenvalue weighted by Gasteiger charge is 2.23. The van der Waals surface area contributed by atoms with Crippen LogP contribution in [-0.2, 0) is 10.0 Å². The zero-order valence-corrected chi connectivity index (χ0v) is 13.3. The quantitative estimate of drug-likeness (QED) is 0.866. The van der Waals surface area contributed by atoms with E-state index in [4.69, 9.17) is 11.6 Å². The maximum Gasteiger partial charge on any atom is 0.244 e. The summed E-state index contributed by atoms with van der Waals surface area (Å²) < 4.78 is 25.0. The van der Waals surface area contributed by atoms with Gasteiger partial charge < -0.3 is 5.32 Å². The molecule has 0 aliphatic heterocycles. The van der Waals surface area contributed by atoms with Crippen LogP contribution in [0.5, 0.6) is 0 Å². The van der Waals surface area contributed by atoms with Crippen molar-refractivity contribution in [3.63, 3.8) is 0 Å². The second kappa shape index (κ2) is 6.28. The van der Waals surface area contributed by atoms with Gasteiger partial charge in [-0.1, -0.05) is 12.8 Å². The first kappa shape index (κ1) is 15.5. The molecule has 1 heterocycles. The van der Waals surface area contributed by atoms with Crippen molar-refractivity contribution >= 4 is 27.4 Å². The standard InChI is InChI=1S/C13H20ClN3O2S/c1-17(2)20(18,19)10-7-8-13(15-9-10)16-12-6-4-3-5-11(12)14/h7-9,11-12H,3-6H2,1-2H3,(H,15,16). The summed E-state index contributed by atoms with van der Waals surface area (Å²) in [5.41, 5.74) is 0. The number of anilines is 1. The Bertz CT molecular complexity index is 545. The number of pyridine rings is 1. The van der Waals surface area contributed by atoms with Crippen molar-refractivity contribution < 1.29 is 8.42 Å². The van der Waals surface area contributed by atoms with Gasteiger partial charge in [0.15, 0.2) is 0 Å². The maximum atomic E-state index is 11.9. The Labute approximate surface area is 125 Å². The molecule has 1 aromatic rings. The number of nitrogens with one attached hydrogen (secondary N) is 1. The summed E-state index contributed by atoms with van der Waals surface area (Å²) in [6.45, 7) is 0. The molecule has 1 aliphatic carbocycles. The largest absolute Gasteiger partial charge is 0.366 e. The number of nitrogens with zero attached hydrogens (tertiary/aromatic N) is 2. The fraction of sp³-hybridized carbons (Fsp3) is 0.615. The number of aromatic nitrogens is 1. The van der Waals surface area contributed by atoms with Crippen LogP contribution in [0.15, 0.2) is 23.2 Å². The molecule has 0 aromatic carbocycles. The van der Waals surface area contributed by atoms with E-state index in [1.165, 1.54) is 31.0 Å². The molecule has 0 saturated heterocycles. The summed E-state index contributed by atoms with van der Waals surface area (Å²) >= 11 is 6.29. The number of rotatable bonds is 4. The Morgan fingerprint density at radius 2 is 2.00 bits per heavy atom. The van der Waals surface area contributed by atoms with Gasteiger partial charge in [-0.15, -0.1) is 11.6 Å². The lowest BCUT2D eigenvalue weighted by molar-refractivity contribution is 0.468. The molecule has 2 atom stereocenters. The second-order valence-corrected chi connectivity index (χ2v) is 7.93. The second-order valence-electron chi connectivity index (χ2n) is 5.22. The van der Waals surface area contributed by atoms with Crippen LogP contribution in [0.4, 0.5) is 5.82 Å². The summed E-state index contributed by atoms with van der Waals surface area (Å²) in [6, 6.07) is 3.46. The van der Waals surface area contributed by atoms with Gasteiger partial charge in [-0.2, -0.15) is 0 Å². The first-order valence-electron chi connectivity index (χ1n) is 6.70. The topological polar surface area (TPSA) is 62.3 Å². The van der Waals surface area contributed by atoms with E-state index < -0.39 is 10.0 Å². The molecule has 0 amide bonds. The van der Waals surface area contributed by atoms with Crippen LogP contribution in [0.25, 0.3) is 0 Å². The van der Waals surface area contributed by atoms with Crippen molar-refractivity contribution in [3.8, 4) is 0 Å². The number of sulfonamides is 1. The van der Waals surface area contributed by atoms with Gasteiger partial charge in [-0.3, -0.25) is 0 Å². The van der Waals surface area contributed by atoms with Crippen molar-refractivity contribution in [2.75, 3.05) is 19.4 Å². The van der Waals surface area contributed by atoms with Crippen molar-refractivity contribution in [1.29, 1.82) is 0 Å². The minimum absolute atomic E-state index is 0.107. The van der Waals surface area contributed by atoms with Crippen molar-refractivity contribution in [3.05, 3.63) is 18.3 Å². The van der Waals surface area contributed by atoms with E-state index in [1.807, 2.05) is 0 Å². The molecule has 5 nitrogen and oxygen atoms in total. The van der Waals surface area contributed by atoms with Crippen LogP contribution in [0, 0.1) is 0 Å². The third-order valence-electron chi connectivity index (χ3n) is 3.53. The molecule has 0 radical (unpaired) electrons. The maximum absolute atomic E-state index is 11.9. The summed E-state index contributed by atoms with van der Waals surface area (Å²) in [6.07, 6.45) is 5.73. The molecular weight excluding hydrogens is 298 g/mol. The van der Waals surface area contributed by atoms with Crippen LogP contribution in [0.2, 0.25) is 0 Å². The van der Waals surface area contributed by atoms with Gasteiger partial charge in [0, 0.05) is 26.3 Å². The van der Waals surface area contributed by atoms with Gasteiger partial charge >= 0.3 is 0 Å². The molecule has 1 N–H and O–H groups in total. The van der Waals surface area contributed by atoms with Crippen LogP contribution in [-0.4, -0.2) is 43.2 Å². The molecule has 7 heteroatoms. The highest BCUT2D eigenvalue weighted by Crippen LogP contribution is 2.25. The smallest absolute Gasteiger partial charge is 0.244 e. The zero-order chi connectivity index (χ0) is 14.8. The van der Waals surface area contributed by atoms with Crippen LogP contribution in [0.1, 0.15) is 25.7 Å². The lowest BCUT2D eigenvalue weighted by atomic mass is 9.95. The highest BCUT2D eigenvalue weighted by molar-refractivity contribution is 7.89. The Morgan fingerprint density at radius 3 is 2.55 bits per heavy atom. The van der Waals surface area contributed by atoms with Crippen molar-refractivity contribution in [1.82, 2.24) is 9.29 Å². The predicted molar refractivity (Wildman–Crippen MR) is 80.6 cm³/mol. The number of alkyl halides is 1. The van der Waals surface area contributed by atoms with Crippen molar-refractivity contribution in [2.45, 2.75) is 42.0 Å². The highest BCUT2D eigenvalue weighted by atomic mass is 35.5. The molecule has 1 saturated carbocycles. The van der Waals surface area contributed by atoms with E-state index in [9.17, 15) is 8.42 Å². The molecule has 2 rings (SSSR count). The molecule has 1 aliphatic rings. The first-order chi connectivity index (χ1) is 9.41. The molecule has 1 fully saturated rings. The van der Waals surface area contributed by atoms with Gasteiger partial charge in [0.05, 0.1) is 5.38 Å². The van der Waals surface area contributed by atoms with Gasteiger partial charge in [-0.25, -0.2) is 17.7 Å². The third-order valence-corrected chi connectivity index (χ3v) is 5.85. The Hall–Kier alpha value is -0.850.